The van der Waals surface area contributed by atoms with Gasteiger partial charge in [-0.2, -0.15) is 0 Å². The summed E-state index contributed by atoms with van der Waals surface area (Å²) >= 11 is 0. The molecular weight excluding hydrogens is 335 g/mol. The predicted octanol–water partition coefficient (Wildman–Crippen LogP) is 2.60. The number of halogens is 1. The summed E-state index contributed by atoms with van der Waals surface area (Å²) in [7, 11) is 0. The number of piperidine rings is 1. The van der Waals surface area contributed by atoms with E-state index in [1.807, 2.05) is 18.2 Å². The van der Waals surface area contributed by atoms with E-state index in [4.69, 9.17) is 9.47 Å². The molecule has 2 aliphatic rings. The van der Waals surface area contributed by atoms with Crippen LogP contribution in [0.5, 0.6) is 0 Å². The van der Waals surface area contributed by atoms with Crippen molar-refractivity contribution in [2.75, 3.05) is 31.2 Å². The van der Waals surface area contributed by atoms with Crippen LogP contribution in [0.1, 0.15) is 25.0 Å². The normalized spacial score (nSPS) is 25.7. The van der Waals surface area contributed by atoms with Crippen molar-refractivity contribution in [3.8, 4) is 0 Å². The number of fused-ring (bicyclic) bond motifs is 1. The first kappa shape index (κ1) is 17.3. The Morgan fingerprint density at radius 2 is 2.15 bits per heavy atom. The molecule has 6 nitrogen and oxygen atoms in total. The first-order valence-electron chi connectivity index (χ1n) is 9.07. The van der Waals surface area contributed by atoms with Gasteiger partial charge in [0.2, 0.25) is 5.95 Å². The quantitative estimate of drug-likeness (QED) is 0.819. The minimum absolute atomic E-state index is 0.0942. The summed E-state index contributed by atoms with van der Waals surface area (Å²) in [6, 6.07) is 5.83. The van der Waals surface area contributed by atoms with Gasteiger partial charge in [-0.25, -0.2) is 14.4 Å². The Morgan fingerprint density at radius 1 is 1.27 bits per heavy atom. The molecule has 0 unspecified atom stereocenters. The molecule has 0 saturated carbocycles. The molecule has 26 heavy (non-hydrogen) atoms. The fourth-order valence-electron chi connectivity index (χ4n) is 3.98. The Hall–Kier alpha value is -2.12. The van der Waals surface area contributed by atoms with E-state index in [9.17, 15) is 4.39 Å². The highest BCUT2D eigenvalue weighted by Crippen LogP contribution is 2.41. The molecular formula is C19H23FN4O2. The van der Waals surface area contributed by atoms with Gasteiger partial charge in [0.05, 0.1) is 37.4 Å². The lowest BCUT2D eigenvalue weighted by Gasteiger charge is -2.50. The Balaban J connectivity index is 1.46. The van der Waals surface area contributed by atoms with Crippen molar-refractivity contribution in [3.05, 3.63) is 48.3 Å². The standard InChI is InChI=1S/C19H23FN4O2/c20-15-10-22-18(23-11-15)24-8-5-17-19(13-24,6-3-9-26-17)14-25-12-16-4-1-2-7-21-16/h1-2,4,7,10-11,17H,3,5-6,8-9,12-14H2/t17-,19-/m1/s1. The van der Waals surface area contributed by atoms with Gasteiger partial charge in [0.1, 0.15) is 0 Å². The summed E-state index contributed by atoms with van der Waals surface area (Å²) < 4.78 is 25.3. The summed E-state index contributed by atoms with van der Waals surface area (Å²) in [5.74, 6) is 0.151. The van der Waals surface area contributed by atoms with Crippen LogP contribution < -0.4 is 4.90 Å². The number of hydrogen-bond acceptors (Lipinski definition) is 6. The van der Waals surface area contributed by atoms with Gasteiger partial charge in [0.15, 0.2) is 5.82 Å². The van der Waals surface area contributed by atoms with Crippen LogP contribution in [-0.2, 0) is 16.1 Å². The maximum atomic E-state index is 13.1. The lowest BCUT2D eigenvalue weighted by molar-refractivity contribution is -0.128. The highest BCUT2D eigenvalue weighted by atomic mass is 19.1. The highest BCUT2D eigenvalue weighted by Gasteiger charge is 2.46. The monoisotopic (exact) mass is 358 g/mol. The number of rotatable bonds is 5. The number of aromatic nitrogens is 3. The molecule has 7 heteroatoms. The number of pyridine rings is 1. The smallest absolute Gasteiger partial charge is 0.225 e. The first-order valence-corrected chi connectivity index (χ1v) is 9.07. The number of ether oxygens (including phenoxy) is 2. The Bertz CT molecular complexity index is 715. The summed E-state index contributed by atoms with van der Waals surface area (Å²) in [5.41, 5.74) is 0.829. The molecule has 0 amide bonds. The molecule has 0 N–H and O–H groups in total. The van der Waals surface area contributed by atoms with Crippen LogP contribution in [0.3, 0.4) is 0 Å². The average molecular weight is 358 g/mol. The molecule has 0 aliphatic carbocycles. The van der Waals surface area contributed by atoms with Crippen molar-refractivity contribution >= 4 is 5.95 Å². The third-order valence-electron chi connectivity index (χ3n) is 5.24. The van der Waals surface area contributed by atoms with E-state index in [1.165, 1.54) is 12.4 Å². The molecule has 0 radical (unpaired) electrons. The zero-order chi connectivity index (χ0) is 17.8. The minimum Gasteiger partial charge on any atom is -0.377 e. The molecule has 4 rings (SSSR count). The molecule has 0 aromatic carbocycles. The number of anilines is 1. The lowest BCUT2D eigenvalue weighted by atomic mass is 9.73. The molecule has 0 spiro atoms. The molecule has 2 aromatic heterocycles. The van der Waals surface area contributed by atoms with Crippen molar-refractivity contribution in [2.45, 2.75) is 32.0 Å². The van der Waals surface area contributed by atoms with E-state index in [0.29, 0.717) is 19.2 Å². The van der Waals surface area contributed by atoms with Crippen LogP contribution in [0.4, 0.5) is 10.3 Å². The maximum Gasteiger partial charge on any atom is 0.225 e. The number of hydrogen-bond donors (Lipinski definition) is 0. The fourth-order valence-corrected chi connectivity index (χ4v) is 3.98. The van der Waals surface area contributed by atoms with Gasteiger partial charge in [-0.15, -0.1) is 0 Å². The van der Waals surface area contributed by atoms with Crippen molar-refractivity contribution in [2.24, 2.45) is 5.41 Å². The van der Waals surface area contributed by atoms with Gasteiger partial charge in [-0.1, -0.05) is 6.07 Å². The summed E-state index contributed by atoms with van der Waals surface area (Å²) in [5, 5.41) is 0. The van der Waals surface area contributed by atoms with Gasteiger partial charge >= 0.3 is 0 Å². The van der Waals surface area contributed by atoms with E-state index in [-0.39, 0.29) is 11.5 Å². The summed E-state index contributed by atoms with van der Waals surface area (Å²) in [6.07, 6.45) is 7.34. The van der Waals surface area contributed by atoms with E-state index in [1.54, 1.807) is 6.20 Å². The van der Waals surface area contributed by atoms with Crippen LogP contribution in [0.25, 0.3) is 0 Å². The van der Waals surface area contributed by atoms with Gasteiger partial charge in [-0.05, 0) is 31.4 Å². The zero-order valence-electron chi connectivity index (χ0n) is 14.7. The van der Waals surface area contributed by atoms with Crippen LogP contribution in [0.15, 0.2) is 36.8 Å². The molecule has 0 bridgehead atoms. The summed E-state index contributed by atoms with van der Waals surface area (Å²) in [4.78, 5) is 14.7. The SMILES string of the molecule is Fc1cnc(N2CC[C@H]3OCCC[C@]3(COCc3ccccn3)C2)nc1. The third kappa shape index (κ3) is 3.68. The molecule has 2 aromatic rings. The molecule has 4 heterocycles. The second-order valence-electron chi connectivity index (χ2n) is 7.05. The van der Waals surface area contributed by atoms with Crippen molar-refractivity contribution < 1.29 is 13.9 Å². The van der Waals surface area contributed by atoms with Crippen molar-refractivity contribution in [3.63, 3.8) is 0 Å². The molecule has 2 aliphatic heterocycles. The van der Waals surface area contributed by atoms with Crippen LogP contribution >= 0.6 is 0 Å². The van der Waals surface area contributed by atoms with E-state index < -0.39 is 5.82 Å². The predicted molar refractivity (Wildman–Crippen MR) is 94.1 cm³/mol. The highest BCUT2D eigenvalue weighted by molar-refractivity contribution is 5.31. The third-order valence-corrected chi connectivity index (χ3v) is 5.24. The molecule has 138 valence electrons. The van der Waals surface area contributed by atoms with Crippen LogP contribution in [0.2, 0.25) is 0 Å². The molecule has 2 fully saturated rings. The zero-order valence-corrected chi connectivity index (χ0v) is 14.7. The van der Waals surface area contributed by atoms with E-state index in [0.717, 1.165) is 44.7 Å². The Kier molecular flexibility index (Phi) is 5.08. The largest absolute Gasteiger partial charge is 0.377 e. The fraction of sp³-hybridized carbons (Fsp3) is 0.526. The Labute approximate surface area is 152 Å². The van der Waals surface area contributed by atoms with Crippen LogP contribution in [0, 0.1) is 11.2 Å². The van der Waals surface area contributed by atoms with Gasteiger partial charge in [0, 0.05) is 31.3 Å². The summed E-state index contributed by atoms with van der Waals surface area (Å²) in [6.45, 7) is 3.46. The van der Waals surface area contributed by atoms with Gasteiger partial charge in [-0.3, -0.25) is 4.98 Å². The van der Waals surface area contributed by atoms with Gasteiger partial charge in [0.25, 0.3) is 0 Å². The van der Waals surface area contributed by atoms with Crippen LogP contribution in [-0.4, -0.2) is 47.4 Å². The minimum atomic E-state index is -0.418. The van der Waals surface area contributed by atoms with E-state index in [2.05, 4.69) is 19.9 Å². The average Bonchev–Trinajstić information content (AvgIpc) is 2.69. The Morgan fingerprint density at radius 3 is 2.96 bits per heavy atom. The topological polar surface area (TPSA) is 60.4 Å². The van der Waals surface area contributed by atoms with E-state index >= 15 is 0 Å². The molecule has 2 saturated heterocycles. The van der Waals surface area contributed by atoms with Gasteiger partial charge < -0.3 is 14.4 Å². The first-order chi connectivity index (χ1) is 12.8. The van der Waals surface area contributed by atoms with Crippen molar-refractivity contribution in [1.82, 2.24) is 15.0 Å². The lowest BCUT2D eigenvalue weighted by Crippen LogP contribution is -2.57. The van der Waals surface area contributed by atoms with Crippen molar-refractivity contribution in [1.29, 1.82) is 0 Å². The maximum absolute atomic E-state index is 13.1. The number of nitrogens with zero attached hydrogens (tertiary/aromatic N) is 4. The second-order valence-corrected chi connectivity index (χ2v) is 7.05. The second kappa shape index (κ2) is 7.63. The molecule has 2 atom stereocenters.